The van der Waals surface area contributed by atoms with Crippen molar-refractivity contribution in [3.8, 4) is 17.2 Å². The van der Waals surface area contributed by atoms with Gasteiger partial charge in [-0.15, -0.1) is 0 Å². The lowest BCUT2D eigenvalue weighted by molar-refractivity contribution is -0.122. The number of benzene rings is 3. The first kappa shape index (κ1) is 27.2. The zero-order valence-corrected chi connectivity index (χ0v) is 23.6. The molecule has 1 heterocycles. The molecule has 0 aliphatic carbocycles. The van der Waals surface area contributed by atoms with Crippen LogP contribution in [-0.4, -0.2) is 31.1 Å². The number of urea groups is 1. The first-order valence-corrected chi connectivity index (χ1v) is 13.0. The molecule has 1 aliphatic heterocycles. The molecule has 0 bridgehead atoms. The minimum Gasteiger partial charge on any atom is -0.493 e. The van der Waals surface area contributed by atoms with Gasteiger partial charge >= 0.3 is 6.03 Å². The van der Waals surface area contributed by atoms with Gasteiger partial charge in [0.25, 0.3) is 11.8 Å². The van der Waals surface area contributed by atoms with Crippen LogP contribution in [0, 0.1) is 10.5 Å². The number of nitrogens with zero attached hydrogens (tertiary/aromatic N) is 1. The molecule has 4 rings (SSSR count). The quantitative estimate of drug-likeness (QED) is 0.198. The Morgan fingerprint density at radius 2 is 1.68 bits per heavy atom. The fraction of sp³-hybridized carbons (Fsp3) is 0.207. The van der Waals surface area contributed by atoms with Gasteiger partial charge in [-0.2, -0.15) is 0 Å². The van der Waals surface area contributed by atoms with E-state index in [-0.39, 0.29) is 11.7 Å². The van der Waals surface area contributed by atoms with Gasteiger partial charge in [-0.05, 0) is 97.0 Å². The van der Waals surface area contributed by atoms with Crippen LogP contribution in [0.2, 0.25) is 0 Å². The number of carbonyl (C=O) groups is 3. The smallest absolute Gasteiger partial charge is 0.335 e. The predicted octanol–water partition coefficient (Wildman–Crippen LogP) is 5.64. The molecule has 9 heteroatoms. The van der Waals surface area contributed by atoms with Crippen molar-refractivity contribution in [1.82, 2.24) is 5.32 Å². The first-order valence-electron chi connectivity index (χ1n) is 11.9. The second kappa shape index (κ2) is 11.7. The van der Waals surface area contributed by atoms with Gasteiger partial charge < -0.3 is 14.2 Å². The summed E-state index contributed by atoms with van der Waals surface area (Å²) in [5.41, 5.74) is 2.87. The van der Waals surface area contributed by atoms with Gasteiger partial charge in [0.05, 0.1) is 22.5 Å². The van der Waals surface area contributed by atoms with Crippen molar-refractivity contribution in [3.05, 3.63) is 86.5 Å². The third-order valence-electron chi connectivity index (χ3n) is 5.64. The minimum absolute atomic E-state index is 0.0636. The van der Waals surface area contributed by atoms with Crippen LogP contribution in [0.4, 0.5) is 10.5 Å². The third-order valence-corrected chi connectivity index (χ3v) is 6.44. The maximum atomic E-state index is 13.3. The fourth-order valence-corrected chi connectivity index (χ4v) is 4.53. The molecule has 4 amide bonds. The van der Waals surface area contributed by atoms with Crippen molar-refractivity contribution in [2.45, 2.75) is 33.5 Å². The Kier molecular flexibility index (Phi) is 8.35. The highest BCUT2D eigenvalue weighted by Gasteiger charge is 2.37. The SMILES string of the molecule is COc1cc(/C=C2\C(=O)NC(=O)N(c3ccc(OCc4ccc(C)cc4)cc3)C2=O)cc(I)c1OC(C)C. The molecule has 1 aliphatic rings. The standard InChI is InChI=1S/C29H27IN2O6/c1-17(2)38-26-24(30)14-20(15-25(26)36-4)13-23-27(33)31-29(35)32(28(23)34)21-9-11-22(12-10-21)37-16-19-7-5-18(3)6-8-19/h5-15,17H,16H2,1-4H3,(H,31,33,35)/b23-13+. The largest absolute Gasteiger partial charge is 0.493 e. The second-order valence-corrected chi connectivity index (χ2v) is 10.1. The maximum Gasteiger partial charge on any atom is 0.335 e. The van der Waals surface area contributed by atoms with E-state index in [1.54, 1.807) is 36.4 Å². The van der Waals surface area contributed by atoms with Gasteiger partial charge in [-0.25, -0.2) is 9.69 Å². The summed E-state index contributed by atoms with van der Waals surface area (Å²) in [5.74, 6) is 0.118. The van der Waals surface area contributed by atoms with Crippen LogP contribution in [0.1, 0.15) is 30.5 Å². The number of hydrogen-bond acceptors (Lipinski definition) is 6. The van der Waals surface area contributed by atoms with Crippen molar-refractivity contribution in [2.75, 3.05) is 12.0 Å². The number of aryl methyl sites for hydroxylation is 1. The van der Waals surface area contributed by atoms with Crippen LogP contribution in [0.25, 0.3) is 6.08 Å². The lowest BCUT2D eigenvalue weighted by Crippen LogP contribution is -2.54. The van der Waals surface area contributed by atoms with Gasteiger partial charge in [-0.3, -0.25) is 14.9 Å². The molecule has 0 atom stereocenters. The summed E-state index contributed by atoms with van der Waals surface area (Å²) < 4.78 is 17.9. The van der Waals surface area contributed by atoms with Crippen LogP contribution in [0.15, 0.2) is 66.2 Å². The fourth-order valence-electron chi connectivity index (χ4n) is 3.77. The summed E-state index contributed by atoms with van der Waals surface area (Å²) in [6.07, 6.45) is 1.37. The Bertz CT molecular complexity index is 1400. The lowest BCUT2D eigenvalue weighted by atomic mass is 10.1. The van der Waals surface area contributed by atoms with Crippen LogP contribution >= 0.6 is 22.6 Å². The van der Waals surface area contributed by atoms with Gasteiger partial charge in [0.15, 0.2) is 11.5 Å². The number of carbonyl (C=O) groups excluding carboxylic acids is 3. The lowest BCUT2D eigenvalue weighted by Gasteiger charge is -2.26. The molecule has 0 unspecified atom stereocenters. The van der Waals surface area contributed by atoms with Crippen LogP contribution in [0.3, 0.4) is 0 Å². The first-order chi connectivity index (χ1) is 18.2. The number of amides is 4. The molecule has 0 saturated carbocycles. The summed E-state index contributed by atoms with van der Waals surface area (Å²) in [4.78, 5) is 39.5. The zero-order chi connectivity index (χ0) is 27.4. The number of ether oxygens (including phenoxy) is 3. The summed E-state index contributed by atoms with van der Waals surface area (Å²) in [5, 5.41) is 2.24. The van der Waals surface area contributed by atoms with Crippen LogP contribution in [0.5, 0.6) is 17.2 Å². The molecule has 38 heavy (non-hydrogen) atoms. The van der Waals surface area contributed by atoms with Crippen molar-refractivity contribution < 1.29 is 28.6 Å². The number of methoxy groups -OCH3 is 1. The molecule has 1 saturated heterocycles. The van der Waals surface area contributed by atoms with Gasteiger partial charge in [0.1, 0.15) is 17.9 Å². The maximum absolute atomic E-state index is 13.3. The summed E-state index contributed by atoms with van der Waals surface area (Å²) in [6.45, 7) is 6.22. The summed E-state index contributed by atoms with van der Waals surface area (Å²) in [7, 11) is 1.52. The van der Waals surface area contributed by atoms with E-state index in [9.17, 15) is 14.4 Å². The normalized spacial score (nSPS) is 14.6. The van der Waals surface area contributed by atoms with Crippen molar-refractivity contribution in [3.63, 3.8) is 0 Å². The Morgan fingerprint density at radius 1 is 1.00 bits per heavy atom. The number of hydrogen-bond donors (Lipinski definition) is 1. The minimum atomic E-state index is -0.821. The Balaban J connectivity index is 1.56. The number of rotatable bonds is 8. The van der Waals surface area contributed by atoms with E-state index in [1.807, 2.05) is 45.0 Å². The number of halogens is 1. The van der Waals surface area contributed by atoms with E-state index >= 15 is 0 Å². The molecular formula is C29H27IN2O6. The average Bonchev–Trinajstić information content (AvgIpc) is 2.88. The van der Waals surface area contributed by atoms with E-state index in [0.717, 1.165) is 14.0 Å². The van der Waals surface area contributed by atoms with Gasteiger partial charge in [0, 0.05) is 0 Å². The molecule has 0 aromatic heterocycles. The number of nitrogens with one attached hydrogen (secondary N) is 1. The molecule has 196 valence electrons. The molecule has 3 aromatic carbocycles. The van der Waals surface area contributed by atoms with Crippen LogP contribution in [-0.2, 0) is 16.2 Å². The monoisotopic (exact) mass is 626 g/mol. The molecule has 0 radical (unpaired) electrons. The van der Waals surface area contributed by atoms with E-state index in [4.69, 9.17) is 14.2 Å². The molecule has 3 aromatic rings. The van der Waals surface area contributed by atoms with Crippen molar-refractivity contribution in [1.29, 1.82) is 0 Å². The predicted molar refractivity (Wildman–Crippen MR) is 152 cm³/mol. The van der Waals surface area contributed by atoms with E-state index < -0.39 is 17.8 Å². The second-order valence-electron chi connectivity index (χ2n) is 8.93. The Labute approximate surface area is 234 Å². The average molecular weight is 626 g/mol. The number of imide groups is 2. The van der Waals surface area contributed by atoms with Crippen LogP contribution < -0.4 is 24.4 Å². The highest BCUT2D eigenvalue weighted by Crippen LogP contribution is 2.35. The number of barbiturate groups is 1. The van der Waals surface area contributed by atoms with E-state index in [2.05, 4.69) is 27.9 Å². The van der Waals surface area contributed by atoms with Crippen molar-refractivity contribution >= 4 is 52.2 Å². The zero-order valence-electron chi connectivity index (χ0n) is 21.4. The molecule has 1 N–H and O–H groups in total. The molecule has 0 spiro atoms. The van der Waals surface area contributed by atoms with E-state index in [0.29, 0.717) is 35.1 Å². The topological polar surface area (TPSA) is 94.2 Å². The molecule has 8 nitrogen and oxygen atoms in total. The highest BCUT2D eigenvalue weighted by molar-refractivity contribution is 14.1. The van der Waals surface area contributed by atoms with Gasteiger partial charge in [0.2, 0.25) is 0 Å². The summed E-state index contributed by atoms with van der Waals surface area (Å²) >= 11 is 2.11. The molecular weight excluding hydrogens is 599 g/mol. The summed E-state index contributed by atoms with van der Waals surface area (Å²) in [6, 6.07) is 17.2. The van der Waals surface area contributed by atoms with Gasteiger partial charge in [-0.1, -0.05) is 29.8 Å². The Morgan fingerprint density at radius 3 is 2.32 bits per heavy atom. The van der Waals surface area contributed by atoms with Crippen molar-refractivity contribution in [2.24, 2.45) is 0 Å². The number of anilines is 1. The Hall–Kier alpha value is -3.86. The third kappa shape index (κ3) is 6.16. The van der Waals surface area contributed by atoms with E-state index in [1.165, 1.54) is 18.7 Å². The molecule has 1 fully saturated rings. The highest BCUT2D eigenvalue weighted by atomic mass is 127.